The molecular formula is C63H94N20O23. The van der Waals surface area contributed by atoms with E-state index in [1.54, 1.807) is 25.1 Å². The number of phenols is 1. The molecule has 0 saturated carbocycles. The largest absolute Gasteiger partial charge is 0.508 e. The van der Waals surface area contributed by atoms with Crippen LogP contribution in [-0.4, -0.2) is 236 Å². The molecule has 2 rings (SSSR count). The molecule has 0 fully saturated rings. The third-order valence-electron chi connectivity index (χ3n) is 15.6. The second-order valence-corrected chi connectivity index (χ2v) is 24.1. The van der Waals surface area contributed by atoms with Crippen molar-refractivity contribution >= 4 is 113 Å². The number of aromatic hydroxyl groups is 1. The Morgan fingerprint density at radius 1 is 0.415 bits per heavy atom. The van der Waals surface area contributed by atoms with Gasteiger partial charge in [-0.25, -0.2) is 4.79 Å². The maximum absolute atomic E-state index is 14.7. The summed E-state index contributed by atoms with van der Waals surface area (Å²) in [5.74, 6) is -24.1. The van der Waals surface area contributed by atoms with Gasteiger partial charge in [0, 0.05) is 38.8 Å². The number of aliphatic hydroxyl groups is 1. The Morgan fingerprint density at radius 2 is 0.783 bits per heavy atom. The van der Waals surface area contributed by atoms with E-state index in [1.807, 2.05) is 5.32 Å². The lowest BCUT2D eigenvalue weighted by Gasteiger charge is -2.29. The Hall–Kier alpha value is -12.3. The molecule has 2 aromatic carbocycles. The molecule has 0 bridgehead atoms. The molecule has 43 nitrogen and oxygen atoms in total. The van der Waals surface area contributed by atoms with E-state index in [-0.39, 0.29) is 56.5 Å². The number of aliphatic carboxylic acids is 4. The Bertz CT molecular complexity index is 3460. The van der Waals surface area contributed by atoms with Gasteiger partial charge in [0.2, 0.25) is 76.8 Å². The van der Waals surface area contributed by atoms with Gasteiger partial charge in [-0.2, -0.15) is 0 Å². The Kier molecular flexibility index (Phi) is 39.2. The summed E-state index contributed by atoms with van der Waals surface area (Å²) in [6.07, 6.45) is -7.45. The highest BCUT2D eigenvalue weighted by molar-refractivity contribution is 6.01. The first-order chi connectivity index (χ1) is 49.9. The number of primary amides is 2. The molecule has 0 aromatic heterocycles. The second-order valence-electron chi connectivity index (χ2n) is 24.1. The molecule has 43 heteroatoms. The fourth-order valence-electron chi connectivity index (χ4n) is 9.83. The van der Waals surface area contributed by atoms with Gasteiger partial charge in [-0.1, -0.05) is 62.7 Å². The van der Waals surface area contributed by atoms with E-state index in [4.69, 9.17) is 39.5 Å². The minimum atomic E-state index is -2.23. The SMILES string of the molecule is CC[C@H](C)[C@H](NC(=O)[C@H](CC(=O)O)NC(=O)CN)C(=O)N[C@@H](CC(N)=O)C(=O)N[C@@H](CCCNC(=N)N)C(=O)N[C@@H](CCCNC(=N)N)C(=O)N[C@@H](Cc1ccc(O)cc1)C(=O)N[C@@H](CC(=O)O)C(=O)N[C@@H](CO)C(=O)N[C@@H](CCC(=O)O)C(=O)N[C@@H](Cc1ccccc1)C(=O)N[C@@H](CCC(N)=O)C(=O)O. The van der Waals surface area contributed by atoms with E-state index in [0.29, 0.717) is 5.56 Å². The molecule has 0 aliphatic carbocycles. The van der Waals surface area contributed by atoms with Crippen LogP contribution in [0.3, 0.4) is 0 Å². The van der Waals surface area contributed by atoms with Crippen LogP contribution < -0.4 is 97.8 Å². The summed E-state index contributed by atoms with van der Waals surface area (Å²) >= 11 is 0. The van der Waals surface area contributed by atoms with E-state index < -0.39 is 256 Å². The van der Waals surface area contributed by atoms with Crippen LogP contribution in [0.2, 0.25) is 0 Å². The van der Waals surface area contributed by atoms with Crippen LogP contribution >= 0.6 is 0 Å². The van der Waals surface area contributed by atoms with Crippen LogP contribution in [0.15, 0.2) is 54.6 Å². The minimum Gasteiger partial charge on any atom is -0.508 e. The molecule has 0 spiro atoms. The summed E-state index contributed by atoms with van der Waals surface area (Å²) in [6.45, 7) is 0.831. The molecule has 31 N–H and O–H groups in total. The maximum Gasteiger partial charge on any atom is 0.326 e. The van der Waals surface area contributed by atoms with E-state index in [0.717, 1.165) is 0 Å². The van der Waals surface area contributed by atoms with Gasteiger partial charge >= 0.3 is 23.9 Å². The highest BCUT2D eigenvalue weighted by Gasteiger charge is 2.39. The van der Waals surface area contributed by atoms with E-state index >= 15 is 0 Å². The van der Waals surface area contributed by atoms with Gasteiger partial charge in [-0.3, -0.25) is 87.5 Å². The van der Waals surface area contributed by atoms with Crippen molar-refractivity contribution in [2.45, 2.75) is 170 Å². The van der Waals surface area contributed by atoms with Crippen molar-refractivity contribution in [3.05, 3.63) is 65.7 Å². The number of aliphatic hydroxyl groups excluding tert-OH is 1. The number of carboxylic acid groups (broad SMARTS) is 4. The first kappa shape index (κ1) is 89.8. The van der Waals surface area contributed by atoms with E-state index in [2.05, 4.69) is 63.8 Å². The lowest BCUT2D eigenvalue weighted by atomic mass is 9.97. The molecule has 106 heavy (non-hydrogen) atoms. The molecule has 584 valence electrons. The summed E-state index contributed by atoms with van der Waals surface area (Å²) in [6, 6.07) is -7.63. The highest BCUT2D eigenvalue weighted by atomic mass is 16.4. The summed E-state index contributed by atoms with van der Waals surface area (Å²) < 4.78 is 0. The number of guanidine groups is 2. The van der Waals surface area contributed by atoms with Crippen LogP contribution in [-0.2, 0) is 94.3 Å². The number of hydrogen-bond donors (Lipinski definition) is 26. The number of hydrogen-bond acceptors (Lipinski definition) is 22. The van der Waals surface area contributed by atoms with Crippen molar-refractivity contribution in [2.75, 3.05) is 26.2 Å². The van der Waals surface area contributed by atoms with Crippen molar-refractivity contribution in [2.24, 2.45) is 34.6 Å². The number of amides is 13. The van der Waals surface area contributed by atoms with Crippen LogP contribution in [0.1, 0.15) is 102 Å². The lowest BCUT2D eigenvalue weighted by Crippen LogP contribution is -2.62. The van der Waals surface area contributed by atoms with Crippen LogP contribution in [0.25, 0.3) is 0 Å². The zero-order chi connectivity index (χ0) is 79.9. The maximum atomic E-state index is 14.7. The average Bonchev–Trinajstić information content (AvgIpc) is 0.852. The van der Waals surface area contributed by atoms with Gasteiger partial charge in [0.1, 0.15) is 72.2 Å². The van der Waals surface area contributed by atoms with E-state index in [9.17, 15) is 112 Å². The third-order valence-corrected chi connectivity index (χ3v) is 15.6. The van der Waals surface area contributed by atoms with Crippen molar-refractivity contribution in [3.63, 3.8) is 0 Å². The molecule has 0 heterocycles. The van der Waals surface area contributed by atoms with Gasteiger partial charge < -0.3 is 128 Å². The number of benzene rings is 2. The number of carbonyl (C=O) groups excluding carboxylic acids is 13. The molecule has 2 aromatic rings. The zero-order valence-electron chi connectivity index (χ0n) is 57.9. The normalized spacial score (nSPS) is 14.2. The van der Waals surface area contributed by atoms with Crippen LogP contribution in [0.5, 0.6) is 5.75 Å². The quantitative estimate of drug-likeness (QED) is 0.0166. The molecule has 0 radical (unpaired) electrons. The smallest absolute Gasteiger partial charge is 0.326 e. The fourth-order valence-corrected chi connectivity index (χ4v) is 9.83. The Labute approximate surface area is 605 Å². The van der Waals surface area contributed by atoms with Crippen molar-refractivity contribution < 1.29 is 112 Å². The molecule has 0 unspecified atom stereocenters. The first-order valence-corrected chi connectivity index (χ1v) is 32.9. The topological polar surface area (TPSA) is 746 Å². The predicted molar refractivity (Wildman–Crippen MR) is 368 cm³/mol. The number of rotatable bonds is 50. The molecular weight excluding hydrogens is 1400 g/mol. The van der Waals surface area contributed by atoms with E-state index in [1.165, 1.54) is 43.3 Å². The van der Waals surface area contributed by atoms with Gasteiger partial charge in [0.15, 0.2) is 11.9 Å². The predicted octanol–water partition coefficient (Wildman–Crippen LogP) is -8.93. The average molecular weight is 1500 g/mol. The van der Waals surface area contributed by atoms with Gasteiger partial charge in [0.25, 0.3) is 0 Å². The van der Waals surface area contributed by atoms with Gasteiger partial charge in [-0.15, -0.1) is 0 Å². The third kappa shape index (κ3) is 34.6. The van der Waals surface area contributed by atoms with Crippen molar-refractivity contribution in [1.82, 2.24) is 69.1 Å². The van der Waals surface area contributed by atoms with Crippen molar-refractivity contribution in [3.8, 4) is 5.75 Å². The Balaban J connectivity index is 2.66. The monoisotopic (exact) mass is 1500 g/mol. The summed E-state index contributed by atoms with van der Waals surface area (Å²) in [7, 11) is 0. The fraction of sp³-hybridized carbons (Fsp3) is 0.508. The summed E-state index contributed by atoms with van der Waals surface area (Å²) in [4.78, 5) is 225. The van der Waals surface area contributed by atoms with Crippen molar-refractivity contribution in [1.29, 1.82) is 10.8 Å². The number of phenolic OH excluding ortho intramolecular Hbond substituents is 1. The standard InChI is InChI=1S/C63H94N20O23/c1-3-30(2)50(83-58(102)41(26-48(91)92)73-46(88)28-64)60(104)81-40(25-45(66)87)56(100)75-34(11-7-21-71-62(67)68)51(95)74-35(12-8-22-72-63(69)70)52(96)78-39(24-32-13-15-33(85)16-14-32)55(99)80-42(27-49(93)94)57(101)82-43(29-84)59(103)76-36(18-20-47(89)90)53(97)79-38(23-31-9-5-4-6-10-31)54(98)77-37(61(105)106)17-19-44(65)86/h4-6,9-10,13-16,30,34-43,50,84-85H,3,7-8,11-12,17-29,64H2,1-2H3,(H2,65,86)(H2,66,87)(H,73,88)(H,74,95)(H,75,100)(H,76,103)(H,77,98)(H,78,96)(H,79,97)(H,80,99)(H,81,104)(H,82,101)(H,83,102)(H,89,90)(H,91,92)(H,93,94)(H,105,106)(H4,67,68,71)(H4,69,70,72)/t30-,34-,35-,36-,37-,38-,39-,40-,41-,42-,43-,50-/m0/s1. The molecule has 0 aliphatic rings. The summed E-state index contributed by atoms with van der Waals surface area (Å²) in [5, 5.41) is 105. The second kappa shape index (κ2) is 46.3. The van der Waals surface area contributed by atoms with Gasteiger partial charge in [-0.05, 0) is 67.7 Å². The lowest BCUT2D eigenvalue weighted by molar-refractivity contribution is -0.143. The number of carbonyl (C=O) groups is 17. The summed E-state index contributed by atoms with van der Waals surface area (Å²) in [5.41, 5.74) is 27.5. The highest BCUT2D eigenvalue weighted by Crippen LogP contribution is 2.16. The first-order valence-electron chi connectivity index (χ1n) is 32.9. The van der Waals surface area contributed by atoms with Crippen LogP contribution in [0.4, 0.5) is 0 Å². The number of nitrogens with one attached hydrogen (secondary N) is 15. The number of carboxylic acids is 4. The van der Waals surface area contributed by atoms with Crippen LogP contribution in [0, 0.1) is 16.7 Å². The zero-order valence-corrected chi connectivity index (χ0v) is 57.9. The Morgan fingerprint density at radius 3 is 1.20 bits per heavy atom. The minimum absolute atomic E-state index is 0.0987. The molecule has 0 aliphatic heterocycles. The molecule has 0 saturated heterocycles. The molecule has 13 amide bonds. The number of nitrogens with two attached hydrogens (primary N) is 5. The molecule has 12 atom stereocenters. The van der Waals surface area contributed by atoms with Gasteiger partial charge in [0.05, 0.1) is 32.4 Å².